The number of aryl methyl sites for hydroxylation is 1. The van der Waals surface area contributed by atoms with E-state index in [2.05, 4.69) is 0 Å². The van der Waals surface area contributed by atoms with Gasteiger partial charge in [0, 0.05) is 0 Å². The molecule has 21 heavy (non-hydrogen) atoms. The second-order valence-electron chi connectivity index (χ2n) is 4.71. The Morgan fingerprint density at radius 1 is 1.05 bits per heavy atom. The molecule has 0 aliphatic rings. The van der Waals surface area contributed by atoms with Gasteiger partial charge in [0.1, 0.15) is 11.3 Å². The summed E-state index contributed by atoms with van der Waals surface area (Å²) in [6, 6.07) is 11.8. The van der Waals surface area contributed by atoms with Gasteiger partial charge < -0.3 is 9.15 Å². The molecule has 0 saturated heterocycles. The van der Waals surface area contributed by atoms with E-state index < -0.39 is 11.3 Å². The van der Waals surface area contributed by atoms with Gasteiger partial charge in [-0.25, -0.2) is 9.36 Å². The number of ether oxygens (including phenoxy) is 1. The summed E-state index contributed by atoms with van der Waals surface area (Å²) in [4.78, 5) is 24.6. The van der Waals surface area contributed by atoms with Crippen molar-refractivity contribution in [1.29, 1.82) is 0 Å². The highest BCUT2D eigenvalue weighted by atomic mass is 16.5. The van der Waals surface area contributed by atoms with Crippen LogP contribution in [0.15, 0.2) is 56.5 Å². The van der Waals surface area contributed by atoms with Crippen molar-refractivity contribution in [2.24, 2.45) is 0 Å². The quantitative estimate of drug-likeness (QED) is 0.723. The maximum absolute atomic E-state index is 12.5. The lowest BCUT2D eigenvalue weighted by atomic mass is 10.2. The molecule has 1 aromatic heterocycles. The second kappa shape index (κ2) is 4.94. The Morgan fingerprint density at radius 2 is 1.76 bits per heavy atom. The van der Waals surface area contributed by atoms with Crippen molar-refractivity contribution in [3.05, 3.63) is 68.9 Å². The van der Waals surface area contributed by atoms with E-state index in [1.54, 1.807) is 43.5 Å². The van der Waals surface area contributed by atoms with E-state index in [0.717, 1.165) is 10.1 Å². The van der Waals surface area contributed by atoms with Crippen molar-refractivity contribution < 1.29 is 9.15 Å². The van der Waals surface area contributed by atoms with Crippen LogP contribution in [0.4, 0.5) is 0 Å². The standard InChI is InChI=1S/C16H13NO4/c1-10-3-8-13-14(9-10)21-16(19)17(15(13)18)11-4-6-12(20-2)7-5-11/h3-9H,1-2H3. The number of benzene rings is 2. The van der Waals surface area contributed by atoms with Crippen LogP contribution in [0.3, 0.4) is 0 Å². The predicted octanol–water partition coefficient (Wildman–Crippen LogP) is 2.26. The van der Waals surface area contributed by atoms with Crippen molar-refractivity contribution in [3.63, 3.8) is 0 Å². The summed E-state index contributed by atoms with van der Waals surface area (Å²) in [6.45, 7) is 1.87. The molecule has 0 aliphatic carbocycles. The van der Waals surface area contributed by atoms with Gasteiger partial charge in [0.2, 0.25) is 0 Å². The molecule has 1 heterocycles. The molecule has 3 aromatic rings. The highest BCUT2D eigenvalue weighted by molar-refractivity contribution is 5.76. The van der Waals surface area contributed by atoms with Gasteiger partial charge in [0.15, 0.2) is 0 Å². The Hall–Kier alpha value is -2.82. The fourth-order valence-corrected chi connectivity index (χ4v) is 2.19. The molecule has 3 rings (SSSR count). The molecule has 0 atom stereocenters. The first-order valence-corrected chi connectivity index (χ1v) is 6.41. The lowest BCUT2D eigenvalue weighted by molar-refractivity contribution is 0.414. The third kappa shape index (κ3) is 2.23. The Morgan fingerprint density at radius 3 is 2.43 bits per heavy atom. The molecule has 0 spiro atoms. The minimum Gasteiger partial charge on any atom is -0.497 e. The first kappa shape index (κ1) is 13.2. The summed E-state index contributed by atoms with van der Waals surface area (Å²) in [5, 5.41) is 0.371. The predicted molar refractivity (Wildman–Crippen MR) is 79.4 cm³/mol. The lowest BCUT2D eigenvalue weighted by Gasteiger charge is -2.06. The summed E-state index contributed by atoms with van der Waals surface area (Å²) in [7, 11) is 1.55. The SMILES string of the molecule is COc1ccc(-n2c(=O)oc3cc(C)ccc3c2=O)cc1. The van der Waals surface area contributed by atoms with Crippen LogP contribution in [0.5, 0.6) is 5.75 Å². The van der Waals surface area contributed by atoms with E-state index in [1.807, 2.05) is 13.0 Å². The van der Waals surface area contributed by atoms with Crippen molar-refractivity contribution in [3.8, 4) is 11.4 Å². The van der Waals surface area contributed by atoms with Crippen LogP contribution in [0, 0.1) is 6.92 Å². The second-order valence-corrected chi connectivity index (χ2v) is 4.71. The van der Waals surface area contributed by atoms with E-state index in [9.17, 15) is 9.59 Å². The van der Waals surface area contributed by atoms with Gasteiger partial charge in [0.05, 0.1) is 18.2 Å². The highest BCUT2D eigenvalue weighted by Crippen LogP contribution is 2.14. The van der Waals surface area contributed by atoms with Gasteiger partial charge in [-0.2, -0.15) is 0 Å². The topological polar surface area (TPSA) is 61.4 Å². The van der Waals surface area contributed by atoms with Crippen LogP contribution in [-0.2, 0) is 0 Å². The average Bonchev–Trinajstić information content (AvgIpc) is 2.47. The third-order valence-corrected chi connectivity index (χ3v) is 3.28. The zero-order valence-electron chi connectivity index (χ0n) is 11.6. The Bertz CT molecular complexity index is 920. The number of hydrogen-bond donors (Lipinski definition) is 0. The van der Waals surface area contributed by atoms with Crippen LogP contribution in [0.2, 0.25) is 0 Å². The van der Waals surface area contributed by atoms with Gasteiger partial charge in [-0.05, 0) is 48.9 Å². The molecule has 2 aromatic carbocycles. The molecular formula is C16H13NO4. The summed E-state index contributed by atoms with van der Waals surface area (Å²) < 4.78 is 11.3. The highest BCUT2D eigenvalue weighted by Gasteiger charge is 2.11. The van der Waals surface area contributed by atoms with Crippen LogP contribution >= 0.6 is 0 Å². The summed E-state index contributed by atoms with van der Waals surface area (Å²) in [6.07, 6.45) is 0. The minimum atomic E-state index is -0.705. The first-order valence-electron chi connectivity index (χ1n) is 6.41. The van der Waals surface area contributed by atoms with Crippen molar-refractivity contribution in [2.75, 3.05) is 7.11 Å². The van der Waals surface area contributed by atoms with E-state index >= 15 is 0 Å². The molecule has 0 N–H and O–H groups in total. The fourth-order valence-electron chi connectivity index (χ4n) is 2.19. The van der Waals surface area contributed by atoms with Gasteiger partial charge >= 0.3 is 5.76 Å². The molecule has 0 unspecified atom stereocenters. The smallest absolute Gasteiger partial charge is 0.426 e. The molecule has 0 bridgehead atoms. The number of aromatic nitrogens is 1. The van der Waals surface area contributed by atoms with Crippen molar-refractivity contribution in [1.82, 2.24) is 4.57 Å². The zero-order chi connectivity index (χ0) is 15.0. The number of rotatable bonds is 2. The maximum atomic E-state index is 12.5. The molecule has 0 saturated carbocycles. The van der Waals surface area contributed by atoms with Crippen molar-refractivity contribution in [2.45, 2.75) is 6.92 Å². The van der Waals surface area contributed by atoms with Crippen LogP contribution in [-0.4, -0.2) is 11.7 Å². The van der Waals surface area contributed by atoms with Gasteiger partial charge in [-0.15, -0.1) is 0 Å². The zero-order valence-corrected chi connectivity index (χ0v) is 11.6. The molecule has 0 amide bonds. The summed E-state index contributed by atoms with van der Waals surface area (Å²) in [5.74, 6) is -0.0594. The van der Waals surface area contributed by atoms with E-state index in [4.69, 9.17) is 9.15 Å². The molecule has 0 radical (unpaired) electrons. The van der Waals surface area contributed by atoms with Crippen LogP contribution < -0.4 is 16.1 Å². The molecule has 5 nitrogen and oxygen atoms in total. The van der Waals surface area contributed by atoms with E-state index in [-0.39, 0.29) is 0 Å². The Kier molecular flexibility index (Phi) is 3.10. The van der Waals surface area contributed by atoms with Crippen LogP contribution in [0.25, 0.3) is 16.7 Å². The molecule has 5 heteroatoms. The monoisotopic (exact) mass is 283 g/mol. The third-order valence-electron chi connectivity index (χ3n) is 3.28. The van der Waals surface area contributed by atoms with Crippen molar-refractivity contribution >= 4 is 11.0 Å². The Balaban J connectivity index is 2.29. The van der Waals surface area contributed by atoms with Gasteiger partial charge in [0.25, 0.3) is 5.56 Å². The summed E-state index contributed by atoms with van der Waals surface area (Å²) in [5.41, 5.74) is 1.27. The largest absolute Gasteiger partial charge is 0.497 e. The van der Waals surface area contributed by atoms with Gasteiger partial charge in [-0.1, -0.05) is 6.07 Å². The van der Waals surface area contributed by atoms with E-state index in [0.29, 0.717) is 22.4 Å². The lowest BCUT2D eigenvalue weighted by Crippen LogP contribution is -2.30. The summed E-state index contributed by atoms with van der Waals surface area (Å²) >= 11 is 0. The number of methoxy groups -OCH3 is 1. The fraction of sp³-hybridized carbons (Fsp3) is 0.125. The molecule has 0 fully saturated rings. The number of hydrogen-bond acceptors (Lipinski definition) is 4. The number of nitrogens with zero attached hydrogens (tertiary/aromatic N) is 1. The first-order chi connectivity index (χ1) is 10.1. The Labute approximate surface area is 120 Å². The minimum absolute atomic E-state index is 0.301. The van der Waals surface area contributed by atoms with E-state index in [1.165, 1.54) is 0 Å². The van der Waals surface area contributed by atoms with Gasteiger partial charge in [-0.3, -0.25) is 4.79 Å². The van der Waals surface area contributed by atoms with Crippen LogP contribution in [0.1, 0.15) is 5.56 Å². The maximum Gasteiger partial charge on any atom is 0.426 e. The molecular weight excluding hydrogens is 270 g/mol. The molecule has 106 valence electrons. The molecule has 0 aliphatic heterocycles. The normalized spacial score (nSPS) is 10.8. The average molecular weight is 283 g/mol. The number of fused-ring (bicyclic) bond motifs is 1.